The number of hydrogen-bond donors (Lipinski definition) is 1. The molecule has 1 amide bonds. The summed E-state index contributed by atoms with van der Waals surface area (Å²) in [5, 5.41) is 10.4. The number of halogens is 5. The number of aliphatic hydroxyl groups is 1. The van der Waals surface area contributed by atoms with Crippen LogP contribution in [-0.4, -0.2) is 84.0 Å². The zero-order chi connectivity index (χ0) is 29.4. The number of benzene rings is 2. The Bertz CT molecular complexity index is 1310. The number of carbonyl (C=O) groups is 2. The Kier molecular flexibility index (Phi) is 8.36. The summed E-state index contributed by atoms with van der Waals surface area (Å²) in [5.41, 5.74) is 0.423. The molecule has 8 nitrogen and oxygen atoms in total. The minimum Gasteiger partial charge on any atom is -0.490 e. The fourth-order valence-electron chi connectivity index (χ4n) is 5.51. The summed E-state index contributed by atoms with van der Waals surface area (Å²) in [6.07, 6.45) is -2.67. The fourth-order valence-corrected chi connectivity index (χ4v) is 5.71. The van der Waals surface area contributed by atoms with Crippen LogP contribution in [0.5, 0.6) is 17.2 Å². The molecule has 1 N–H and O–H groups in total. The third kappa shape index (κ3) is 6.70. The average molecular weight is 601 g/mol. The van der Waals surface area contributed by atoms with Gasteiger partial charge in [-0.15, -0.1) is 0 Å². The van der Waals surface area contributed by atoms with Crippen molar-refractivity contribution in [1.29, 1.82) is 0 Å². The predicted molar refractivity (Wildman–Crippen MR) is 139 cm³/mol. The maximum atomic E-state index is 13.6. The van der Waals surface area contributed by atoms with Gasteiger partial charge in [0.15, 0.2) is 5.75 Å². The number of aliphatic hydroxyl groups excluding tert-OH is 1. The van der Waals surface area contributed by atoms with Gasteiger partial charge in [-0.05, 0) is 37.1 Å². The highest BCUT2D eigenvalue weighted by Gasteiger charge is 2.43. The van der Waals surface area contributed by atoms with Crippen molar-refractivity contribution in [2.45, 2.75) is 50.0 Å². The van der Waals surface area contributed by atoms with Crippen molar-refractivity contribution in [3.63, 3.8) is 0 Å². The Hall–Kier alpha value is -3.09. The highest BCUT2D eigenvalue weighted by molar-refractivity contribution is 6.32. The zero-order valence-corrected chi connectivity index (χ0v) is 22.8. The van der Waals surface area contributed by atoms with Gasteiger partial charge in [-0.1, -0.05) is 11.6 Å². The summed E-state index contributed by atoms with van der Waals surface area (Å²) in [4.78, 5) is 28.1. The number of amides is 1. The first-order valence-corrected chi connectivity index (χ1v) is 13.7. The largest absolute Gasteiger partial charge is 0.491 e. The molecule has 222 valence electrons. The van der Waals surface area contributed by atoms with E-state index in [-0.39, 0.29) is 35.3 Å². The first-order chi connectivity index (χ1) is 19.4. The highest BCUT2D eigenvalue weighted by Crippen LogP contribution is 2.41. The minimum atomic E-state index is -5.25. The van der Waals surface area contributed by atoms with Crippen LogP contribution >= 0.6 is 11.6 Å². The van der Waals surface area contributed by atoms with Crippen LogP contribution in [-0.2, 0) is 11.2 Å². The SMILES string of the molecule is O=C(c1cc(Cl)c(OC(=O)C(F)(F)F)cc1OC[C@H](O)CN1CCC2(CC1)Cc1cc(F)ccc1O2)N1CCCC1. The second-order valence-electron chi connectivity index (χ2n) is 10.6. The lowest BCUT2D eigenvalue weighted by Gasteiger charge is -2.39. The maximum absolute atomic E-state index is 13.6. The van der Waals surface area contributed by atoms with Gasteiger partial charge in [0.2, 0.25) is 0 Å². The highest BCUT2D eigenvalue weighted by atomic mass is 35.5. The van der Waals surface area contributed by atoms with Gasteiger partial charge in [-0.25, -0.2) is 9.18 Å². The summed E-state index contributed by atoms with van der Waals surface area (Å²) in [7, 11) is 0. The second-order valence-corrected chi connectivity index (χ2v) is 11.1. The number of fused-ring (bicyclic) bond motifs is 1. The van der Waals surface area contributed by atoms with Crippen LogP contribution in [0.4, 0.5) is 17.6 Å². The number of ether oxygens (including phenoxy) is 3. The van der Waals surface area contributed by atoms with Crippen molar-refractivity contribution >= 4 is 23.5 Å². The normalized spacial score (nSPS) is 19.1. The summed E-state index contributed by atoms with van der Waals surface area (Å²) in [5.74, 6) is -3.28. The standard InChI is InChI=1S/C28H29ClF4N2O6/c29-21-12-20(25(37)35-7-1-2-8-35)23(13-24(21)40-26(38)28(31,32)33)39-16-19(36)15-34-9-5-27(6-10-34)14-17-11-18(30)3-4-22(17)41-27/h3-4,11-13,19,36H,1-2,5-10,14-16H2/t19-/m1/s1. The fraction of sp³-hybridized carbons (Fsp3) is 0.500. The van der Waals surface area contributed by atoms with Gasteiger partial charge in [0.05, 0.1) is 10.6 Å². The van der Waals surface area contributed by atoms with Gasteiger partial charge in [-0.3, -0.25) is 4.79 Å². The average Bonchev–Trinajstić information content (AvgIpc) is 3.57. The van der Waals surface area contributed by atoms with Crippen molar-refractivity contribution in [1.82, 2.24) is 9.80 Å². The topological polar surface area (TPSA) is 88.5 Å². The molecule has 1 spiro atoms. The Labute approximate surface area is 238 Å². The van der Waals surface area contributed by atoms with Gasteiger partial charge in [0.25, 0.3) is 5.91 Å². The zero-order valence-electron chi connectivity index (χ0n) is 22.0. The maximum Gasteiger partial charge on any atom is 0.491 e. The van der Waals surface area contributed by atoms with E-state index in [0.717, 1.165) is 30.5 Å². The molecule has 13 heteroatoms. The number of carbonyl (C=O) groups excluding carboxylic acids is 2. The third-order valence-electron chi connectivity index (χ3n) is 7.62. The molecule has 0 aromatic heterocycles. The van der Waals surface area contributed by atoms with Gasteiger partial charge < -0.3 is 29.1 Å². The number of β-amino-alcohol motifs (C(OH)–C–C–N with tert-alkyl or cyclic N) is 1. The van der Waals surface area contributed by atoms with E-state index in [1.165, 1.54) is 12.1 Å². The lowest BCUT2D eigenvalue weighted by Crippen LogP contribution is -2.49. The van der Waals surface area contributed by atoms with Crippen molar-refractivity contribution < 1.29 is 46.5 Å². The Morgan fingerprint density at radius 2 is 1.78 bits per heavy atom. The molecular formula is C28H29ClF4N2O6. The molecular weight excluding hydrogens is 572 g/mol. The van der Waals surface area contributed by atoms with Crippen molar-refractivity contribution in [2.24, 2.45) is 0 Å². The van der Waals surface area contributed by atoms with E-state index in [0.29, 0.717) is 51.2 Å². The smallest absolute Gasteiger partial charge is 0.490 e. The number of hydrogen-bond acceptors (Lipinski definition) is 7. The van der Waals surface area contributed by atoms with Crippen molar-refractivity contribution in [2.75, 3.05) is 39.3 Å². The molecule has 0 bridgehead atoms. The van der Waals surface area contributed by atoms with Crippen LogP contribution in [0, 0.1) is 5.82 Å². The van der Waals surface area contributed by atoms with Gasteiger partial charge in [0, 0.05) is 63.6 Å². The second kappa shape index (κ2) is 11.7. The lowest BCUT2D eigenvalue weighted by atomic mass is 9.87. The van der Waals surface area contributed by atoms with Gasteiger partial charge in [-0.2, -0.15) is 13.2 Å². The van der Waals surface area contributed by atoms with Crippen LogP contribution in [0.1, 0.15) is 41.6 Å². The van der Waals surface area contributed by atoms with E-state index >= 15 is 0 Å². The van der Waals surface area contributed by atoms with Crippen molar-refractivity contribution in [3.05, 3.63) is 52.3 Å². The molecule has 0 aliphatic carbocycles. The molecule has 0 saturated carbocycles. The van der Waals surface area contributed by atoms with E-state index in [1.807, 2.05) is 4.90 Å². The number of esters is 1. The molecule has 2 fully saturated rings. The molecule has 0 radical (unpaired) electrons. The quantitative estimate of drug-likeness (QED) is 0.286. The molecule has 2 saturated heterocycles. The number of likely N-dealkylation sites (tertiary alicyclic amines) is 2. The van der Waals surface area contributed by atoms with E-state index < -0.39 is 35.5 Å². The molecule has 0 unspecified atom stereocenters. The first kappa shape index (κ1) is 29.4. The van der Waals surface area contributed by atoms with Crippen LogP contribution < -0.4 is 14.2 Å². The summed E-state index contributed by atoms with van der Waals surface area (Å²) >= 11 is 6.07. The lowest BCUT2D eigenvalue weighted by molar-refractivity contribution is -0.189. The molecule has 1 atom stereocenters. The van der Waals surface area contributed by atoms with E-state index in [1.54, 1.807) is 11.0 Å². The Balaban J connectivity index is 1.22. The molecule has 5 rings (SSSR count). The molecule has 3 aliphatic rings. The summed E-state index contributed by atoms with van der Waals surface area (Å²) in [6, 6.07) is 6.58. The van der Waals surface area contributed by atoms with E-state index in [2.05, 4.69) is 4.74 Å². The molecule has 3 aliphatic heterocycles. The molecule has 41 heavy (non-hydrogen) atoms. The van der Waals surface area contributed by atoms with Crippen LogP contribution in [0.3, 0.4) is 0 Å². The molecule has 2 aromatic rings. The number of rotatable bonds is 7. The summed E-state index contributed by atoms with van der Waals surface area (Å²) in [6.45, 7) is 2.19. The molecule has 3 heterocycles. The third-order valence-corrected chi connectivity index (χ3v) is 7.92. The predicted octanol–water partition coefficient (Wildman–Crippen LogP) is 4.39. The van der Waals surface area contributed by atoms with Crippen molar-refractivity contribution in [3.8, 4) is 17.2 Å². The van der Waals surface area contributed by atoms with E-state index in [4.69, 9.17) is 21.1 Å². The Morgan fingerprint density at radius 1 is 1.07 bits per heavy atom. The summed E-state index contributed by atoms with van der Waals surface area (Å²) < 4.78 is 68.2. The first-order valence-electron chi connectivity index (χ1n) is 13.3. The van der Waals surface area contributed by atoms with Gasteiger partial charge >= 0.3 is 12.1 Å². The van der Waals surface area contributed by atoms with E-state index in [9.17, 15) is 32.3 Å². The number of piperidine rings is 1. The van der Waals surface area contributed by atoms with Crippen LogP contribution in [0.25, 0.3) is 0 Å². The Morgan fingerprint density at radius 3 is 2.46 bits per heavy atom. The number of alkyl halides is 3. The van der Waals surface area contributed by atoms with Crippen LogP contribution in [0.2, 0.25) is 5.02 Å². The molecule has 2 aromatic carbocycles. The number of nitrogens with zero attached hydrogens (tertiary/aromatic N) is 2. The van der Waals surface area contributed by atoms with Crippen LogP contribution in [0.15, 0.2) is 30.3 Å². The minimum absolute atomic E-state index is 0.00907. The van der Waals surface area contributed by atoms with Gasteiger partial charge in [0.1, 0.15) is 35.6 Å². The monoisotopic (exact) mass is 600 g/mol.